The number of ether oxygens (including phenoxy) is 2. The van der Waals surface area contributed by atoms with E-state index in [0.717, 1.165) is 24.2 Å². The molecule has 2 aliphatic rings. The van der Waals surface area contributed by atoms with Gasteiger partial charge in [-0.05, 0) is 26.0 Å². The number of carbonyl (C=O) groups is 1. The van der Waals surface area contributed by atoms with Crippen LogP contribution in [0.5, 0.6) is 11.5 Å². The second kappa shape index (κ2) is 8.35. The highest BCUT2D eigenvalue weighted by molar-refractivity contribution is 6.33. The lowest BCUT2D eigenvalue weighted by atomic mass is 10.0. The Bertz CT molecular complexity index is 1020. The van der Waals surface area contributed by atoms with Crippen LogP contribution >= 0.6 is 11.6 Å². The number of rotatable bonds is 4. The standard InChI is InChI=1S/C22H23ClF3N3O3/c1-21(2)11-14-4-3-5-17(19(14)32-21)31-13-18(30)28-6-8-29(9-7-28)20-16(23)10-15(12-27-20)22(24,25)26/h3-5,10,12H,6-9,11,13H2,1-2H3. The maximum Gasteiger partial charge on any atom is 0.417 e. The van der Waals surface area contributed by atoms with Gasteiger partial charge < -0.3 is 19.3 Å². The number of aromatic nitrogens is 1. The van der Waals surface area contributed by atoms with Gasteiger partial charge >= 0.3 is 6.18 Å². The maximum atomic E-state index is 12.8. The fourth-order valence-corrected chi connectivity index (χ4v) is 4.20. The topological polar surface area (TPSA) is 54.9 Å². The quantitative estimate of drug-likeness (QED) is 0.672. The fraction of sp³-hybridized carbons (Fsp3) is 0.455. The van der Waals surface area contributed by atoms with E-state index in [9.17, 15) is 18.0 Å². The van der Waals surface area contributed by atoms with Gasteiger partial charge in [0.2, 0.25) is 0 Å². The van der Waals surface area contributed by atoms with Gasteiger partial charge in [-0.25, -0.2) is 4.98 Å². The molecule has 0 spiro atoms. The third-order valence-electron chi connectivity index (χ3n) is 5.49. The summed E-state index contributed by atoms with van der Waals surface area (Å²) in [7, 11) is 0. The third-order valence-corrected chi connectivity index (χ3v) is 5.77. The van der Waals surface area contributed by atoms with Crippen LogP contribution in [0.4, 0.5) is 19.0 Å². The molecule has 0 atom stereocenters. The molecular formula is C22H23ClF3N3O3. The van der Waals surface area contributed by atoms with Crippen LogP contribution in [0.25, 0.3) is 0 Å². The highest BCUT2D eigenvalue weighted by atomic mass is 35.5. The monoisotopic (exact) mass is 469 g/mol. The van der Waals surface area contributed by atoms with E-state index in [0.29, 0.717) is 37.7 Å². The molecule has 0 saturated carbocycles. The molecule has 0 radical (unpaired) electrons. The molecule has 6 nitrogen and oxygen atoms in total. The number of nitrogens with zero attached hydrogens (tertiary/aromatic N) is 3. The van der Waals surface area contributed by atoms with Crippen LogP contribution in [0.2, 0.25) is 5.02 Å². The zero-order valence-corrected chi connectivity index (χ0v) is 18.5. The first-order valence-electron chi connectivity index (χ1n) is 10.2. The zero-order valence-electron chi connectivity index (χ0n) is 17.7. The molecule has 0 unspecified atom stereocenters. The van der Waals surface area contributed by atoms with E-state index in [1.54, 1.807) is 15.9 Å². The molecule has 0 bridgehead atoms. The summed E-state index contributed by atoms with van der Waals surface area (Å²) in [6.45, 7) is 5.46. The van der Waals surface area contributed by atoms with Crippen LogP contribution in [-0.4, -0.2) is 54.2 Å². The zero-order chi connectivity index (χ0) is 23.1. The summed E-state index contributed by atoms with van der Waals surface area (Å²) in [5.41, 5.74) is -0.151. The van der Waals surface area contributed by atoms with Crippen LogP contribution in [0.15, 0.2) is 30.5 Å². The summed E-state index contributed by atoms with van der Waals surface area (Å²) in [6, 6.07) is 6.52. The highest BCUT2D eigenvalue weighted by Crippen LogP contribution is 2.41. The molecule has 4 rings (SSSR count). The molecule has 1 saturated heterocycles. The Kier molecular flexibility index (Phi) is 5.87. The average Bonchev–Trinajstić information content (AvgIpc) is 3.06. The SMILES string of the molecule is CC1(C)Cc2cccc(OCC(=O)N3CCN(c4ncc(C(F)(F)F)cc4Cl)CC3)c2O1. The van der Waals surface area contributed by atoms with Crippen LogP contribution in [0.1, 0.15) is 25.0 Å². The smallest absolute Gasteiger partial charge is 0.417 e. The average molecular weight is 470 g/mol. The first kappa shape index (κ1) is 22.5. The van der Waals surface area contributed by atoms with E-state index in [1.807, 2.05) is 26.0 Å². The molecule has 1 fully saturated rings. The molecule has 1 aromatic heterocycles. The number of fused-ring (bicyclic) bond motifs is 1. The number of piperazine rings is 1. The molecule has 1 amide bonds. The van der Waals surface area contributed by atoms with Gasteiger partial charge in [-0.2, -0.15) is 13.2 Å². The Labute approximate surface area is 188 Å². The third kappa shape index (κ3) is 4.72. The number of amides is 1. The molecule has 2 aromatic rings. The van der Waals surface area contributed by atoms with Gasteiger partial charge in [0.25, 0.3) is 5.91 Å². The first-order chi connectivity index (χ1) is 15.0. The Morgan fingerprint density at radius 3 is 2.62 bits per heavy atom. The normalized spacial score (nSPS) is 17.7. The van der Waals surface area contributed by atoms with Crippen LogP contribution in [-0.2, 0) is 17.4 Å². The summed E-state index contributed by atoms with van der Waals surface area (Å²) in [5, 5.41) is -0.0659. The molecule has 3 heterocycles. The summed E-state index contributed by atoms with van der Waals surface area (Å²) in [4.78, 5) is 20.0. The van der Waals surface area contributed by atoms with Gasteiger partial charge in [-0.3, -0.25) is 4.79 Å². The van der Waals surface area contributed by atoms with E-state index >= 15 is 0 Å². The van der Waals surface area contributed by atoms with Crippen molar-refractivity contribution in [3.05, 3.63) is 46.6 Å². The summed E-state index contributed by atoms with van der Waals surface area (Å²) in [6.07, 6.45) is -2.95. The lowest BCUT2D eigenvalue weighted by Crippen LogP contribution is -2.50. The minimum Gasteiger partial charge on any atom is -0.483 e. The Morgan fingerprint density at radius 1 is 1.25 bits per heavy atom. The molecule has 1 aromatic carbocycles. The van der Waals surface area contributed by atoms with Crippen molar-refractivity contribution >= 4 is 23.3 Å². The molecule has 0 N–H and O–H groups in total. The van der Waals surface area contributed by atoms with Crippen LogP contribution in [0, 0.1) is 0 Å². The molecule has 10 heteroatoms. The van der Waals surface area contributed by atoms with Gasteiger partial charge in [0.1, 0.15) is 11.4 Å². The van der Waals surface area contributed by atoms with Gasteiger partial charge in [0.15, 0.2) is 18.1 Å². The van der Waals surface area contributed by atoms with Crippen molar-refractivity contribution < 1.29 is 27.4 Å². The van der Waals surface area contributed by atoms with Crippen molar-refractivity contribution in [3.8, 4) is 11.5 Å². The van der Waals surface area contributed by atoms with Gasteiger partial charge in [0, 0.05) is 44.4 Å². The molecule has 0 aliphatic carbocycles. The number of benzene rings is 1. The van der Waals surface area contributed by atoms with E-state index in [1.165, 1.54) is 0 Å². The Hall–Kier alpha value is -2.68. The van der Waals surface area contributed by atoms with Gasteiger partial charge in [0.05, 0.1) is 10.6 Å². The van der Waals surface area contributed by atoms with Crippen LogP contribution < -0.4 is 14.4 Å². The van der Waals surface area contributed by atoms with Crippen LogP contribution in [0.3, 0.4) is 0 Å². The number of hydrogen-bond donors (Lipinski definition) is 0. The van der Waals surface area contributed by atoms with Gasteiger partial charge in [-0.15, -0.1) is 0 Å². The lowest BCUT2D eigenvalue weighted by Gasteiger charge is -2.35. The second-order valence-corrected chi connectivity index (χ2v) is 8.87. The summed E-state index contributed by atoms with van der Waals surface area (Å²) >= 11 is 6.04. The predicted molar refractivity (Wildman–Crippen MR) is 113 cm³/mol. The largest absolute Gasteiger partial charge is 0.483 e. The summed E-state index contributed by atoms with van der Waals surface area (Å²) in [5.74, 6) is 1.33. The molecule has 172 valence electrons. The Balaban J connectivity index is 1.33. The number of pyridine rings is 1. The van der Waals surface area contributed by atoms with Crippen molar-refractivity contribution in [2.75, 3.05) is 37.7 Å². The predicted octanol–water partition coefficient (Wildman–Crippen LogP) is 4.19. The Morgan fingerprint density at radius 2 is 1.97 bits per heavy atom. The highest BCUT2D eigenvalue weighted by Gasteiger charge is 2.34. The molecule has 2 aliphatic heterocycles. The second-order valence-electron chi connectivity index (χ2n) is 8.47. The van der Waals surface area contributed by atoms with Crippen molar-refractivity contribution in [1.29, 1.82) is 0 Å². The lowest BCUT2D eigenvalue weighted by molar-refractivity contribution is -0.138. The molecule has 32 heavy (non-hydrogen) atoms. The number of halogens is 4. The van der Waals surface area contributed by atoms with Crippen molar-refractivity contribution in [2.24, 2.45) is 0 Å². The van der Waals surface area contributed by atoms with E-state index < -0.39 is 11.7 Å². The number of carbonyl (C=O) groups excluding carboxylic acids is 1. The number of para-hydroxylation sites is 1. The number of anilines is 1. The fourth-order valence-electron chi connectivity index (χ4n) is 3.92. The van der Waals surface area contributed by atoms with Crippen molar-refractivity contribution in [1.82, 2.24) is 9.88 Å². The minimum absolute atomic E-state index is 0.0659. The molecular weight excluding hydrogens is 447 g/mol. The van der Waals surface area contributed by atoms with Gasteiger partial charge in [-0.1, -0.05) is 23.7 Å². The van der Waals surface area contributed by atoms with Crippen molar-refractivity contribution in [2.45, 2.75) is 32.0 Å². The van der Waals surface area contributed by atoms with E-state index in [-0.39, 0.29) is 29.0 Å². The maximum absolute atomic E-state index is 12.8. The van der Waals surface area contributed by atoms with E-state index in [4.69, 9.17) is 21.1 Å². The minimum atomic E-state index is -4.50. The number of hydrogen-bond acceptors (Lipinski definition) is 5. The first-order valence-corrected chi connectivity index (χ1v) is 10.6. The van der Waals surface area contributed by atoms with E-state index in [2.05, 4.69) is 4.98 Å². The number of alkyl halides is 3. The summed E-state index contributed by atoms with van der Waals surface area (Å²) < 4.78 is 50.2. The van der Waals surface area contributed by atoms with Crippen molar-refractivity contribution in [3.63, 3.8) is 0 Å².